The van der Waals surface area contributed by atoms with Crippen LogP contribution in [-0.2, 0) is 33.4 Å². The molecule has 1 unspecified atom stereocenters. The maximum Gasteiger partial charge on any atom is 0.0850 e. The normalized spacial score (nSPS) is 12.9. The number of rotatable bonds is 6. The molecule has 0 fully saturated rings. The van der Waals surface area contributed by atoms with Crippen LogP contribution in [0.4, 0.5) is 0 Å². The Bertz CT molecular complexity index is 614. The zero-order chi connectivity index (χ0) is 15.6. The molecule has 0 saturated carbocycles. The summed E-state index contributed by atoms with van der Waals surface area (Å²) in [6.45, 7) is 4.19. The standard InChI is InChI=1S/C15H24ClN5/c1-6-10-8-13(20(4)18-10)12(17-3)9-14-15(16)11(7-2)19-21(14)5/h8,12,17H,6-7,9H2,1-5H3. The molecule has 21 heavy (non-hydrogen) atoms. The summed E-state index contributed by atoms with van der Waals surface area (Å²) < 4.78 is 3.84. The highest BCUT2D eigenvalue weighted by molar-refractivity contribution is 6.31. The van der Waals surface area contributed by atoms with Crippen molar-refractivity contribution >= 4 is 11.6 Å². The van der Waals surface area contributed by atoms with Gasteiger partial charge in [0.1, 0.15) is 0 Å². The van der Waals surface area contributed by atoms with Crippen LogP contribution in [-0.4, -0.2) is 26.6 Å². The molecule has 0 aromatic carbocycles. The van der Waals surface area contributed by atoms with E-state index in [0.717, 1.165) is 41.4 Å². The number of likely N-dealkylation sites (N-methyl/N-ethyl adjacent to an activating group) is 1. The fourth-order valence-corrected chi connectivity index (χ4v) is 3.00. The third-order valence-electron chi connectivity index (χ3n) is 3.93. The Balaban J connectivity index is 2.31. The van der Waals surface area contributed by atoms with E-state index in [0.29, 0.717) is 0 Å². The Hall–Kier alpha value is -1.33. The summed E-state index contributed by atoms with van der Waals surface area (Å²) in [7, 11) is 5.91. The molecule has 0 aliphatic heterocycles. The van der Waals surface area contributed by atoms with Gasteiger partial charge in [-0.1, -0.05) is 25.4 Å². The molecule has 1 atom stereocenters. The van der Waals surface area contributed by atoms with Gasteiger partial charge in [0, 0.05) is 20.5 Å². The lowest BCUT2D eigenvalue weighted by Crippen LogP contribution is -2.22. The SMILES string of the molecule is CCc1cc(C(Cc2c(Cl)c(CC)nn2C)NC)n(C)n1. The molecule has 6 heteroatoms. The number of aryl methyl sites for hydroxylation is 4. The first kappa shape index (κ1) is 16.0. The third kappa shape index (κ3) is 3.14. The second-order valence-electron chi connectivity index (χ2n) is 5.27. The minimum atomic E-state index is 0.167. The summed E-state index contributed by atoms with van der Waals surface area (Å²) in [5.74, 6) is 0. The Morgan fingerprint density at radius 2 is 1.90 bits per heavy atom. The van der Waals surface area contributed by atoms with E-state index in [1.54, 1.807) is 0 Å². The average molecular weight is 310 g/mol. The highest BCUT2D eigenvalue weighted by atomic mass is 35.5. The van der Waals surface area contributed by atoms with Crippen molar-refractivity contribution in [3.05, 3.63) is 33.9 Å². The van der Waals surface area contributed by atoms with Crippen molar-refractivity contribution in [2.75, 3.05) is 7.05 Å². The number of hydrogen-bond acceptors (Lipinski definition) is 3. The predicted molar refractivity (Wildman–Crippen MR) is 85.7 cm³/mol. The smallest absolute Gasteiger partial charge is 0.0850 e. The van der Waals surface area contributed by atoms with Crippen LogP contribution in [0.2, 0.25) is 5.02 Å². The second-order valence-corrected chi connectivity index (χ2v) is 5.65. The molecule has 116 valence electrons. The molecule has 0 aliphatic carbocycles. The van der Waals surface area contributed by atoms with Crippen molar-refractivity contribution in [1.82, 2.24) is 24.9 Å². The highest BCUT2D eigenvalue weighted by Gasteiger charge is 2.21. The van der Waals surface area contributed by atoms with E-state index in [9.17, 15) is 0 Å². The van der Waals surface area contributed by atoms with Crippen LogP contribution >= 0.6 is 11.6 Å². The first-order chi connectivity index (χ1) is 10.0. The predicted octanol–water partition coefficient (Wildman–Crippen LogP) is 2.44. The van der Waals surface area contributed by atoms with Crippen LogP contribution in [0.25, 0.3) is 0 Å². The molecule has 2 aromatic heterocycles. The van der Waals surface area contributed by atoms with Gasteiger partial charge in [0.05, 0.1) is 33.8 Å². The Morgan fingerprint density at radius 3 is 2.38 bits per heavy atom. The number of hydrogen-bond donors (Lipinski definition) is 1. The molecule has 1 N–H and O–H groups in total. The molecule has 2 aromatic rings. The fourth-order valence-electron chi connectivity index (χ4n) is 2.63. The molecule has 0 radical (unpaired) electrons. The molecule has 2 rings (SSSR count). The topological polar surface area (TPSA) is 47.7 Å². The summed E-state index contributed by atoms with van der Waals surface area (Å²) in [5.41, 5.74) is 4.30. The lowest BCUT2D eigenvalue weighted by molar-refractivity contribution is 0.519. The average Bonchev–Trinajstić information content (AvgIpc) is 2.98. The van der Waals surface area contributed by atoms with E-state index >= 15 is 0 Å². The van der Waals surface area contributed by atoms with Crippen molar-refractivity contribution < 1.29 is 0 Å². The van der Waals surface area contributed by atoms with Gasteiger partial charge >= 0.3 is 0 Å². The van der Waals surface area contributed by atoms with Gasteiger partial charge in [-0.25, -0.2) is 0 Å². The van der Waals surface area contributed by atoms with Gasteiger partial charge in [0.2, 0.25) is 0 Å². The minimum Gasteiger partial charge on any atom is -0.311 e. The lowest BCUT2D eigenvalue weighted by atomic mass is 10.1. The molecule has 0 spiro atoms. The quantitative estimate of drug-likeness (QED) is 0.891. The number of nitrogens with one attached hydrogen (secondary N) is 1. The molecule has 5 nitrogen and oxygen atoms in total. The maximum atomic E-state index is 6.46. The summed E-state index contributed by atoms with van der Waals surface area (Å²) in [6.07, 6.45) is 2.58. The van der Waals surface area contributed by atoms with Crippen molar-refractivity contribution in [2.45, 2.75) is 39.2 Å². The molecule has 0 aliphatic rings. The lowest BCUT2D eigenvalue weighted by Gasteiger charge is -2.16. The zero-order valence-electron chi connectivity index (χ0n) is 13.4. The van der Waals surface area contributed by atoms with Crippen LogP contribution in [0.3, 0.4) is 0 Å². The van der Waals surface area contributed by atoms with Gasteiger partial charge in [-0.2, -0.15) is 10.2 Å². The van der Waals surface area contributed by atoms with E-state index in [4.69, 9.17) is 11.6 Å². The summed E-state index contributed by atoms with van der Waals surface area (Å²) in [4.78, 5) is 0. The van der Waals surface area contributed by atoms with E-state index in [1.165, 1.54) is 5.69 Å². The van der Waals surface area contributed by atoms with Crippen LogP contribution in [0.15, 0.2) is 6.07 Å². The summed E-state index contributed by atoms with van der Waals surface area (Å²) >= 11 is 6.46. The maximum absolute atomic E-state index is 6.46. The van der Waals surface area contributed by atoms with E-state index in [2.05, 4.69) is 35.4 Å². The zero-order valence-corrected chi connectivity index (χ0v) is 14.2. The van der Waals surface area contributed by atoms with Crippen molar-refractivity contribution in [2.24, 2.45) is 14.1 Å². The van der Waals surface area contributed by atoms with Crippen molar-refractivity contribution in [3.8, 4) is 0 Å². The summed E-state index contributed by atoms with van der Waals surface area (Å²) in [5, 5.41) is 13.2. The van der Waals surface area contributed by atoms with Gasteiger partial charge in [0.15, 0.2) is 0 Å². The van der Waals surface area contributed by atoms with Gasteiger partial charge in [-0.05, 0) is 26.0 Å². The fraction of sp³-hybridized carbons (Fsp3) is 0.600. The van der Waals surface area contributed by atoms with Gasteiger partial charge in [0.25, 0.3) is 0 Å². The number of nitrogens with zero attached hydrogens (tertiary/aromatic N) is 4. The van der Waals surface area contributed by atoms with Crippen LogP contribution in [0.5, 0.6) is 0 Å². The Morgan fingerprint density at radius 1 is 1.19 bits per heavy atom. The number of halogens is 1. The first-order valence-electron chi connectivity index (χ1n) is 7.42. The van der Waals surface area contributed by atoms with Gasteiger partial charge in [-0.3, -0.25) is 9.36 Å². The van der Waals surface area contributed by atoms with Gasteiger partial charge < -0.3 is 5.32 Å². The molecule has 0 amide bonds. The molecule has 0 bridgehead atoms. The molecule has 0 saturated heterocycles. The monoisotopic (exact) mass is 309 g/mol. The van der Waals surface area contributed by atoms with E-state index in [1.807, 2.05) is 30.5 Å². The van der Waals surface area contributed by atoms with Gasteiger partial charge in [-0.15, -0.1) is 0 Å². The second kappa shape index (κ2) is 6.62. The summed E-state index contributed by atoms with van der Waals surface area (Å²) in [6, 6.07) is 2.33. The highest BCUT2D eigenvalue weighted by Crippen LogP contribution is 2.26. The van der Waals surface area contributed by atoms with Crippen LogP contribution < -0.4 is 5.32 Å². The molecular weight excluding hydrogens is 286 g/mol. The Kier molecular flexibility index (Phi) is 5.06. The molecule has 2 heterocycles. The largest absolute Gasteiger partial charge is 0.311 e. The Labute approximate surface area is 131 Å². The van der Waals surface area contributed by atoms with E-state index < -0.39 is 0 Å². The van der Waals surface area contributed by atoms with Crippen molar-refractivity contribution in [3.63, 3.8) is 0 Å². The number of aromatic nitrogens is 4. The van der Waals surface area contributed by atoms with Crippen LogP contribution in [0.1, 0.15) is 42.7 Å². The van der Waals surface area contributed by atoms with Crippen molar-refractivity contribution in [1.29, 1.82) is 0 Å². The van der Waals surface area contributed by atoms with Crippen LogP contribution in [0, 0.1) is 0 Å². The third-order valence-corrected chi connectivity index (χ3v) is 4.37. The molecular formula is C15H24ClN5. The first-order valence-corrected chi connectivity index (χ1v) is 7.79. The minimum absolute atomic E-state index is 0.167. The van der Waals surface area contributed by atoms with E-state index in [-0.39, 0.29) is 6.04 Å².